The van der Waals surface area contributed by atoms with Gasteiger partial charge < -0.3 is 14.5 Å². The highest BCUT2D eigenvalue weighted by molar-refractivity contribution is 5.98. The molecule has 0 radical (unpaired) electrons. The molecule has 0 saturated carbocycles. The summed E-state index contributed by atoms with van der Waals surface area (Å²) >= 11 is 0. The number of para-hydroxylation sites is 2. The van der Waals surface area contributed by atoms with Crippen molar-refractivity contribution in [3.63, 3.8) is 0 Å². The van der Waals surface area contributed by atoms with Gasteiger partial charge in [-0.2, -0.15) is 0 Å². The summed E-state index contributed by atoms with van der Waals surface area (Å²) in [5, 5.41) is 0. The molecule has 3 rings (SSSR count). The Bertz CT molecular complexity index is 824. The van der Waals surface area contributed by atoms with E-state index in [0.29, 0.717) is 18.7 Å². The summed E-state index contributed by atoms with van der Waals surface area (Å²) in [4.78, 5) is 29.1. The number of carbonyl (C=O) groups is 2. The van der Waals surface area contributed by atoms with Crippen LogP contribution in [0.1, 0.15) is 42.1 Å². The number of ketones is 1. The lowest BCUT2D eigenvalue weighted by Gasteiger charge is -2.36. The van der Waals surface area contributed by atoms with Crippen molar-refractivity contribution in [3.8, 4) is 5.75 Å². The van der Waals surface area contributed by atoms with Crippen LogP contribution in [0.4, 0.5) is 5.69 Å². The molecule has 1 saturated heterocycles. The molecule has 1 amide bonds. The molecule has 1 aliphatic heterocycles. The van der Waals surface area contributed by atoms with Crippen molar-refractivity contribution >= 4 is 17.4 Å². The van der Waals surface area contributed by atoms with Crippen LogP contribution < -0.4 is 9.64 Å². The zero-order valence-electron chi connectivity index (χ0n) is 17.4. The zero-order chi connectivity index (χ0) is 20.6. The first-order valence-electron chi connectivity index (χ1n) is 10.4. The molecule has 29 heavy (non-hydrogen) atoms. The third-order valence-corrected chi connectivity index (χ3v) is 5.44. The number of nitrogens with zero attached hydrogens (tertiary/aromatic N) is 2. The smallest absolute Gasteiger partial charge is 0.223 e. The van der Waals surface area contributed by atoms with Crippen molar-refractivity contribution in [3.05, 3.63) is 59.7 Å². The van der Waals surface area contributed by atoms with E-state index >= 15 is 0 Å². The number of piperazine rings is 1. The van der Waals surface area contributed by atoms with Crippen molar-refractivity contribution in [2.24, 2.45) is 0 Å². The van der Waals surface area contributed by atoms with Crippen LogP contribution in [0.2, 0.25) is 0 Å². The maximum absolute atomic E-state index is 12.6. The lowest BCUT2D eigenvalue weighted by Crippen LogP contribution is -2.48. The third kappa shape index (κ3) is 5.37. The van der Waals surface area contributed by atoms with Gasteiger partial charge in [0.25, 0.3) is 0 Å². The van der Waals surface area contributed by atoms with Gasteiger partial charge in [-0.25, -0.2) is 0 Å². The van der Waals surface area contributed by atoms with Crippen LogP contribution in [0.15, 0.2) is 48.5 Å². The molecule has 0 spiro atoms. The first-order valence-corrected chi connectivity index (χ1v) is 10.4. The molecule has 0 aromatic heterocycles. The number of Topliss-reactive ketones (excluding diaryl/α,β-unsaturated/α-hetero) is 1. The molecule has 154 valence electrons. The summed E-state index contributed by atoms with van der Waals surface area (Å²) in [5.41, 5.74) is 3.00. The maximum atomic E-state index is 12.6. The highest BCUT2D eigenvalue weighted by Crippen LogP contribution is 2.28. The molecule has 5 heteroatoms. The second-order valence-corrected chi connectivity index (χ2v) is 7.41. The van der Waals surface area contributed by atoms with E-state index in [1.165, 1.54) is 5.56 Å². The Hall–Kier alpha value is -2.82. The van der Waals surface area contributed by atoms with E-state index in [1.807, 2.05) is 53.4 Å². The number of amides is 1. The van der Waals surface area contributed by atoms with E-state index in [0.717, 1.165) is 37.4 Å². The van der Waals surface area contributed by atoms with E-state index in [4.69, 9.17) is 4.74 Å². The van der Waals surface area contributed by atoms with Crippen LogP contribution in [0.25, 0.3) is 0 Å². The van der Waals surface area contributed by atoms with Crippen molar-refractivity contribution in [2.75, 3.05) is 38.2 Å². The van der Waals surface area contributed by atoms with E-state index in [1.54, 1.807) is 7.11 Å². The largest absolute Gasteiger partial charge is 0.495 e. The van der Waals surface area contributed by atoms with Crippen molar-refractivity contribution in [1.29, 1.82) is 0 Å². The molecule has 1 fully saturated rings. The quantitative estimate of drug-likeness (QED) is 0.636. The van der Waals surface area contributed by atoms with Gasteiger partial charge in [0.1, 0.15) is 5.75 Å². The molecule has 0 atom stereocenters. The Morgan fingerprint density at radius 3 is 2.28 bits per heavy atom. The molecule has 0 N–H and O–H groups in total. The van der Waals surface area contributed by atoms with Gasteiger partial charge in [-0.3, -0.25) is 9.59 Å². The molecular formula is C24H30N2O3. The van der Waals surface area contributed by atoms with E-state index < -0.39 is 0 Å². The standard InChI is InChI=1S/C24H30N2O3/c1-3-6-19-9-11-20(12-10-19)22(27)13-14-24(28)26-17-15-25(16-18-26)21-7-4-5-8-23(21)29-2/h4-5,7-12H,3,6,13-18H2,1-2H3. The molecule has 0 bridgehead atoms. The summed E-state index contributed by atoms with van der Waals surface area (Å²) in [6, 6.07) is 15.7. The number of anilines is 1. The van der Waals surface area contributed by atoms with Gasteiger partial charge in [0.15, 0.2) is 5.78 Å². The molecule has 0 aliphatic carbocycles. The molecule has 5 nitrogen and oxygen atoms in total. The molecule has 2 aromatic carbocycles. The summed E-state index contributed by atoms with van der Waals surface area (Å²) < 4.78 is 5.44. The third-order valence-electron chi connectivity index (χ3n) is 5.44. The van der Waals surface area contributed by atoms with Crippen LogP contribution in [-0.2, 0) is 11.2 Å². The van der Waals surface area contributed by atoms with Gasteiger partial charge >= 0.3 is 0 Å². The highest BCUT2D eigenvalue weighted by Gasteiger charge is 2.23. The molecule has 1 heterocycles. The Balaban J connectivity index is 1.47. The van der Waals surface area contributed by atoms with Gasteiger partial charge in [-0.15, -0.1) is 0 Å². The first-order chi connectivity index (χ1) is 14.1. The topological polar surface area (TPSA) is 49.9 Å². The highest BCUT2D eigenvalue weighted by atomic mass is 16.5. The van der Waals surface area contributed by atoms with E-state index in [2.05, 4.69) is 11.8 Å². The number of aryl methyl sites for hydroxylation is 1. The number of rotatable bonds is 8. The van der Waals surface area contributed by atoms with Crippen LogP contribution in [-0.4, -0.2) is 49.9 Å². The molecular weight excluding hydrogens is 364 g/mol. The summed E-state index contributed by atoms with van der Waals surface area (Å²) in [5.74, 6) is 0.942. The average molecular weight is 395 g/mol. The number of ether oxygens (including phenoxy) is 1. The summed E-state index contributed by atoms with van der Waals surface area (Å²) in [7, 11) is 1.67. The lowest BCUT2D eigenvalue weighted by molar-refractivity contribution is -0.131. The minimum Gasteiger partial charge on any atom is -0.495 e. The second-order valence-electron chi connectivity index (χ2n) is 7.41. The SMILES string of the molecule is CCCc1ccc(C(=O)CCC(=O)N2CCN(c3ccccc3OC)CC2)cc1. The number of carbonyl (C=O) groups excluding carboxylic acids is 2. The van der Waals surface area contributed by atoms with Gasteiger partial charge in [0.05, 0.1) is 12.8 Å². The number of benzene rings is 2. The van der Waals surface area contributed by atoms with Crippen LogP contribution in [0, 0.1) is 0 Å². The van der Waals surface area contributed by atoms with Crippen molar-refractivity contribution < 1.29 is 14.3 Å². The van der Waals surface area contributed by atoms with Gasteiger partial charge in [0.2, 0.25) is 5.91 Å². The normalized spacial score (nSPS) is 14.0. The van der Waals surface area contributed by atoms with Gasteiger partial charge in [-0.05, 0) is 24.1 Å². The lowest BCUT2D eigenvalue weighted by atomic mass is 10.0. The Morgan fingerprint density at radius 2 is 1.62 bits per heavy atom. The number of hydrogen-bond donors (Lipinski definition) is 0. The minimum atomic E-state index is 0.0362. The Morgan fingerprint density at radius 1 is 0.931 bits per heavy atom. The number of hydrogen-bond acceptors (Lipinski definition) is 4. The summed E-state index contributed by atoms with van der Waals surface area (Å²) in [6.45, 7) is 4.99. The van der Waals surface area contributed by atoms with Crippen LogP contribution in [0.3, 0.4) is 0 Å². The van der Waals surface area contributed by atoms with E-state index in [9.17, 15) is 9.59 Å². The zero-order valence-corrected chi connectivity index (χ0v) is 17.4. The van der Waals surface area contributed by atoms with Crippen molar-refractivity contribution in [1.82, 2.24) is 4.90 Å². The molecule has 1 aliphatic rings. The van der Waals surface area contributed by atoms with Crippen molar-refractivity contribution in [2.45, 2.75) is 32.6 Å². The van der Waals surface area contributed by atoms with Crippen LogP contribution in [0.5, 0.6) is 5.75 Å². The Kier molecular flexibility index (Phi) is 7.28. The minimum absolute atomic E-state index is 0.0362. The summed E-state index contributed by atoms with van der Waals surface area (Å²) in [6.07, 6.45) is 2.64. The van der Waals surface area contributed by atoms with E-state index in [-0.39, 0.29) is 24.5 Å². The Labute approximate surface area is 173 Å². The van der Waals surface area contributed by atoms with Gasteiger partial charge in [0, 0.05) is 44.6 Å². The fourth-order valence-electron chi connectivity index (χ4n) is 3.76. The molecule has 0 unspecified atom stereocenters. The first kappa shape index (κ1) is 20.9. The molecule has 2 aromatic rings. The van der Waals surface area contributed by atoms with Crippen LogP contribution >= 0.6 is 0 Å². The monoisotopic (exact) mass is 394 g/mol. The number of methoxy groups -OCH3 is 1. The average Bonchev–Trinajstić information content (AvgIpc) is 2.78. The predicted molar refractivity (Wildman–Crippen MR) is 116 cm³/mol. The van der Waals surface area contributed by atoms with Gasteiger partial charge in [-0.1, -0.05) is 49.7 Å². The predicted octanol–water partition coefficient (Wildman–Crippen LogP) is 3.96. The second kappa shape index (κ2) is 10.1. The maximum Gasteiger partial charge on any atom is 0.223 e. The fraction of sp³-hybridized carbons (Fsp3) is 0.417. The fourth-order valence-corrected chi connectivity index (χ4v) is 3.76.